The Morgan fingerprint density at radius 2 is 1.78 bits per heavy atom. The van der Waals surface area contributed by atoms with E-state index in [2.05, 4.69) is 9.88 Å². The molecule has 2 aliphatic rings. The van der Waals surface area contributed by atoms with Gasteiger partial charge in [0, 0.05) is 83.1 Å². The minimum atomic E-state index is -0.588. The molecule has 6 rings (SSSR count). The number of hydrogen-bond acceptors (Lipinski definition) is 10. The molecule has 2 aliphatic heterocycles. The van der Waals surface area contributed by atoms with E-state index in [0.717, 1.165) is 34.0 Å². The third-order valence-electron chi connectivity index (χ3n) is 9.13. The third kappa shape index (κ3) is 8.78. The summed E-state index contributed by atoms with van der Waals surface area (Å²) in [7, 11) is 1.63. The predicted octanol–water partition coefficient (Wildman–Crippen LogP) is 5.59. The topological polar surface area (TPSA) is 115 Å². The molecule has 0 bridgehead atoms. The molecule has 0 unspecified atom stereocenters. The van der Waals surface area contributed by atoms with Crippen LogP contribution in [-0.4, -0.2) is 100 Å². The van der Waals surface area contributed by atoms with Gasteiger partial charge in [-0.1, -0.05) is 18.2 Å². The van der Waals surface area contributed by atoms with Crippen LogP contribution in [0.1, 0.15) is 50.1 Å². The number of amides is 1. The molecule has 0 saturated carbocycles. The molecular weight excluding hydrogens is 653 g/mol. The summed E-state index contributed by atoms with van der Waals surface area (Å²) in [4.78, 5) is 45.0. The molecule has 1 amide bonds. The number of para-hydroxylation sites is 1. The van der Waals surface area contributed by atoms with Gasteiger partial charge >= 0.3 is 6.09 Å². The number of ketones is 1. The van der Waals surface area contributed by atoms with Crippen LogP contribution < -0.4 is 4.90 Å². The van der Waals surface area contributed by atoms with E-state index in [1.807, 2.05) is 81.0 Å². The highest BCUT2D eigenvalue weighted by Crippen LogP contribution is 2.37. The molecule has 12 nitrogen and oxygen atoms in total. The predicted molar refractivity (Wildman–Crippen MR) is 190 cm³/mol. The minimum absolute atomic E-state index is 0.0300. The van der Waals surface area contributed by atoms with Crippen molar-refractivity contribution < 1.29 is 28.3 Å². The van der Waals surface area contributed by atoms with Crippen molar-refractivity contribution in [2.45, 2.75) is 52.2 Å². The fraction of sp³-hybridized carbons (Fsp3) is 0.447. The molecule has 0 N–H and O–H groups in total. The lowest BCUT2D eigenvalue weighted by Gasteiger charge is -2.36. The van der Waals surface area contributed by atoms with Gasteiger partial charge in [-0.2, -0.15) is 14.6 Å². The summed E-state index contributed by atoms with van der Waals surface area (Å²) in [6, 6.07) is 16.8. The Morgan fingerprint density at radius 3 is 2.45 bits per heavy atom. The number of nitrogens with zero attached hydrogens (tertiary/aromatic N) is 7. The van der Waals surface area contributed by atoms with Crippen LogP contribution in [0.25, 0.3) is 16.9 Å². The van der Waals surface area contributed by atoms with E-state index in [4.69, 9.17) is 24.4 Å². The number of halogens is 1. The van der Waals surface area contributed by atoms with Crippen molar-refractivity contribution >= 4 is 17.7 Å². The lowest BCUT2D eigenvalue weighted by molar-refractivity contribution is -0.155. The lowest BCUT2D eigenvalue weighted by atomic mass is 9.91. The first kappa shape index (κ1) is 36.1. The van der Waals surface area contributed by atoms with Gasteiger partial charge in [0.25, 0.3) is 0 Å². The molecule has 2 fully saturated rings. The minimum Gasteiger partial charge on any atom is -0.444 e. The number of anilines is 1. The van der Waals surface area contributed by atoms with Crippen molar-refractivity contribution in [1.29, 1.82) is 0 Å². The molecule has 270 valence electrons. The molecule has 1 aromatic carbocycles. The van der Waals surface area contributed by atoms with Gasteiger partial charge in [-0.25, -0.2) is 19.4 Å². The zero-order valence-corrected chi connectivity index (χ0v) is 29.9. The van der Waals surface area contributed by atoms with Crippen LogP contribution in [0.2, 0.25) is 0 Å². The number of Topliss-reactive ketones (excluding diaryl/α,β-unsaturated/α-hetero) is 1. The van der Waals surface area contributed by atoms with E-state index in [9.17, 15) is 14.0 Å². The van der Waals surface area contributed by atoms with Crippen LogP contribution in [0.4, 0.5) is 15.0 Å². The number of piperazine rings is 1. The first-order chi connectivity index (χ1) is 24.5. The maximum absolute atomic E-state index is 14.1. The monoisotopic (exact) mass is 699 g/mol. The second kappa shape index (κ2) is 15.7. The summed E-state index contributed by atoms with van der Waals surface area (Å²) < 4.78 is 26.7. The van der Waals surface area contributed by atoms with Crippen LogP contribution in [-0.2, 0) is 25.5 Å². The normalized spacial score (nSPS) is 18.3. The number of carbonyl (C=O) groups is 2. The Balaban J connectivity index is 1.19. The fourth-order valence-corrected chi connectivity index (χ4v) is 6.59. The lowest BCUT2D eigenvalue weighted by Crippen LogP contribution is -2.50. The van der Waals surface area contributed by atoms with Crippen LogP contribution >= 0.6 is 0 Å². The quantitative estimate of drug-likeness (QED) is 0.184. The Labute approximate surface area is 298 Å². The van der Waals surface area contributed by atoms with Crippen molar-refractivity contribution in [3.63, 3.8) is 0 Å². The third-order valence-corrected chi connectivity index (χ3v) is 9.13. The van der Waals surface area contributed by atoms with Crippen LogP contribution in [0.5, 0.6) is 0 Å². The molecule has 51 heavy (non-hydrogen) atoms. The van der Waals surface area contributed by atoms with E-state index in [-0.39, 0.29) is 30.6 Å². The van der Waals surface area contributed by atoms with Crippen LogP contribution in [0, 0.1) is 18.8 Å². The Hall–Kier alpha value is -4.72. The Kier molecular flexibility index (Phi) is 11.1. The summed E-state index contributed by atoms with van der Waals surface area (Å²) in [5.74, 6) is 0.0732. The maximum Gasteiger partial charge on any atom is 0.410 e. The van der Waals surface area contributed by atoms with E-state index < -0.39 is 17.7 Å². The average Bonchev–Trinajstić information content (AvgIpc) is 3.67. The van der Waals surface area contributed by atoms with Crippen LogP contribution in [0.15, 0.2) is 67.0 Å². The van der Waals surface area contributed by atoms with Gasteiger partial charge in [0.05, 0.1) is 23.7 Å². The van der Waals surface area contributed by atoms with Crippen molar-refractivity contribution in [1.82, 2.24) is 29.7 Å². The second-order valence-electron chi connectivity index (χ2n) is 14.0. The number of carbonyl (C=O) groups excluding carboxylic acids is 2. The highest BCUT2D eigenvalue weighted by atomic mass is 19.1. The summed E-state index contributed by atoms with van der Waals surface area (Å²) in [6.45, 7) is 11.5. The van der Waals surface area contributed by atoms with Gasteiger partial charge in [-0.05, 0) is 75.2 Å². The smallest absolute Gasteiger partial charge is 0.410 e. The molecule has 0 aliphatic carbocycles. The van der Waals surface area contributed by atoms with Gasteiger partial charge in [-0.3, -0.25) is 9.63 Å². The average molecular weight is 700 g/mol. The molecule has 5 heterocycles. The summed E-state index contributed by atoms with van der Waals surface area (Å²) >= 11 is 0. The number of ether oxygens (including phenoxy) is 2. The highest BCUT2D eigenvalue weighted by Gasteiger charge is 2.37. The molecule has 13 heteroatoms. The highest BCUT2D eigenvalue weighted by molar-refractivity contribution is 5.82. The van der Waals surface area contributed by atoms with Gasteiger partial charge in [0.1, 0.15) is 23.3 Å². The number of benzene rings is 1. The van der Waals surface area contributed by atoms with Crippen molar-refractivity contribution in [3.8, 4) is 16.9 Å². The van der Waals surface area contributed by atoms with E-state index >= 15 is 0 Å². The molecule has 0 radical (unpaired) electrons. The zero-order chi connectivity index (χ0) is 36.1. The molecular formula is C38H46FN7O5. The van der Waals surface area contributed by atoms with Crippen molar-refractivity contribution in [2.24, 2.45) is 5.92 Å². The molecule has 3 aromatic heterocycles. The molecule has 2 atom stereocenters. The number of pyridine rings is 2. The summed E-state index contributed by atoms with van der Waals surface area (Å²) in [5, 5.41) is 6.80. The van der Waals surface area contributed by atoms with Gasteiger partial charge in [0.15, 0.2) is 0 Å². The first-order valence-corrected chi connectivity index (χ1v) is 17.4. The number of rotatable bonds is 11. The fourth-order valence-electron chi connectivity index (χ4n) is 6.59. The number of aromatic nitrogens is 4. The SMILES string of the molecule is COCCN1C[C@@H](CC(=O)Cc2c(C)c(-c3ccc(N4CCN(C(=O)OC(C)(C)C)CC4)nc3)nn2-c2ccccc2)[C@H](c2ccnc(F)c2)O1. The van der Waals surface area contributed by atoms with Crippen LogP contribution in [0.3, 0.4) is 0 Å². The summed E-state index contributed by atoms with van der Waals surface area (Å²) in [6.07, 6.45) is 2.85. The van der Waals surface area contributed by atoms with E-state index in [0.29, 0.717) is 51.4 Å². The standard InChI is InChI=1S/C38H46FN7O5/c1-26-32(23-31(47)21-29-25-45(19-20-49-5)51-36(29)27-13-14-40-33(39)22-27)46(30-9-7-6-8-10-30)42-35(26)28-11-12-34(41-24-28)43-15-17-44(18-16-43)37(48)50-38(2,3)4/h6-14,22,24,29,36H,15-21,23,25H2,1-5H3/t29-,36+/m1/s1. The van der Waals surface area contributed by atoms with E-state index in [1.54, 1.807) is 23.1 Å². The Morgan fingerprint density at radius 1 is 1.02 bits per heavy atom. The van der Waals surface area contributed by atoms with Gasteiger partial charge in [0.2, 0.25) is 5.95 Å². The van der Waals surface area contributed by atoms with Gasteiger partial charge < -0.3 is 19.3 Å². The van der Waals surface area contributed by atoms with Crippen molar-refractivity contribution in [2.75, 3.05) is 57.9 Å². The maximum atomic E-state index is 14.1. The van der Waals surface area contributed by atoms with Crippen molar-refractivity contribution in [3.05, 3.63) is 89.8 Å². The van der Waals surface area contributed by atoms with E-state index in [1.165, 1.54) is 12.3 Å². The Bertz CT molecular complexity index is 1800. The molecule has 2 saturated heterocycles. The molecule has 0 spiro atoms. The number of methoxy groups -OCH3 is 1. The molecule has 4 aromatic rings. The number of hydrogen-bond donors (Lipinski definition) is 0. The number of hydroxylamine groups is 2. The van der Waals surface area contributed by atoms with Gasteiger partial charge in [-0.15, -0.1) is 0 Å². The second-order valence-corrected chi connectivity index (χ2v) is 14.0. The summed E-state index contributed by atoms with van der Waals surface area (Å²) in [5.41, 5.74) is 4.23. The first-order valence-electron chi connectivity index (χ1n) is 17.4. The largest absolute Gasteiger partial charge is 0.444 e. The zero-order valence-electron chi connectivity index (χ0n) is 29.9.